The predicted octanol–water partition coefficient (Wildman–Crippen LogP) is 2.65. The summed E-state index contributed by atoms with van der Waals surface area (Å²) in [5, 5.41) is 10.3. The SMILES string of the molecule is COc1nc2cc(Cl)c(C(F)(F)F)c([N+](=O)[O-])c2[nH+]c1OC. The molecule has 11 heteroatoms. The summed E-state index contributed by atoms with van der Waals surface area (Å²) in [6.07, 6.45) is -5.01. The first-order valence-corrected chi connectivity index (χ1v) is 5.97. The zero-order valence-electron chi connectivity index (χ0n) is 11.1. The maximum Gasteiger partial charge on any atom is 0.431 e. The summed E-state index contributed by atoms with van der Waals surface area (Å²) < 4.78 is 48.9. The Morgan fingerprint density at radius 3 is 2.45 bits per heavy atom. The fourth-order valence-corrected chi connectivity index (χ4v) is 2.19. The summed E-state index contributed by atoms with van der Waals surface area (Å²) >= 11 is 5.56. The fraction of sp³-hybridized carbons (Fsp3) is 0.273. The van der Waals surface area contributed by atoms with Gasteiger partial charge < -0.3 is 9.47 Å². The number of halogens is 4. The molecule has 2 aromatic rings. The number of methoxy groups -OCH3 is 2. The first-order valence-electron chi connectivity index (χ1n) is 5.59. The van der Waals surface area contributed by atoms with Crippen LogP contribution in [0.1, 0.15) is 5.56 Å². The van der Waals surface area contributed by atoms with Crippen molar-refractivity contribution in [1.82, 2.24) is 4.98 Å². The van der Waals surface area contributed by atoms with E-state index in [4.69, 9.17) is 21.1 Å². The lowest BCUT2D eigenvalue weighted by Crippen LogP contribution is -2.17. The van der Waals surface area contributed by atoms with Crippen LogP contribution >= 0.6 is 11.6 Å². The normalized spacial score (nSPS) is 11.5. The van der Waals surface area contributed by atoms with E-state index in [2.05, 4.69) is 9.97 Å². The second kappa shape index (κ2) is 5.44. The maximum absolute atomic E-state index is 13.0. The van der Waals surface area contributed by atoms with Crippen LogP contribution in [-0.2, 0) is 6.18 Å². The van der Waals surface area contributed by atoms with Crippen LogP contribution in [-0.4, -0.2) is 24.1 Å². The molecule has 1 aromatic carbocycles. The molecule has 0 atom stereocenters. The van der Waals surface area contributed by atoms with Crippen molar-refractivity contribution < 1.29 is 32.6 Å². The zero-order chi connectivity index (χ0) is 16.7. The van der Waals surface area contributed by atoms with Gasteiger partial charge in [-0.3, -0.25) is 10.1 Å². The molecule has 2 rings (SSSR count). The molecule has 0 aliphatic heterocycles. The van der Waals surface area contributed by atoms with Crippen LogP contribution in [0.5, 0.6) is 11.8 Å². The number of fused-ring (bicyclic) bond motifs is 1. The second-order valence-corrected chi connectivity index (χ2v) is 4.42. The van der Waals surface area contributed by atoms with Crippen molar-refractivity contribution in [2.24, 2.45) is 0 Å². The van der Waals surface area contributed by atoms with Gasteiger partial charge in [0, 0.05) is 0 Å². The number of aromatic amines is 1. The topological polar surface area (TPSA) is 88.6 Å². The zero-order valence-corrected chi connectivity index (χ0v) is 11.9. The predicted molar refractivity (Wildman–Crippen MR) is 68.1 cm³/mol. The van der Waals surface area contributed by atoms with E-state index in [1.165, 1.54) is 14.2 Å². The van der Waals surface area contributed by atoms with Gasteiger partial charge in [-0.1, -0.05) is 11.6 Å². The molecule has 1 N–H and O–H groups in total. The van der Waals surface area contributed by atoms with Crippen LogP contribution in [0.15, 0.2) is 6.07 Å². The van der Waals surface area contributed by atoms with E-state index < -0.39 is 32.9 Å². The van der Waals surface area contributed by atoms with Crippen molar-refractivity contribution in [3.05, 3.63) is 26.8 Å². The molecule has 0 unspecified atom stereocenters. The number of hydrogen-bond acceptors (Lipinski definition) is 5. The van der Waals surface area contributed by atoms with Crippen molar-refractivity contribution in [2.45, 2.75) is 6.18 Å². The van der Waals surface area contributed by atoms with E-state index in [9.17, 15) is 23.3 Å². The average Bonchev–Trinajstić information content (AvgIpc) is 2.42. The quantitative estimate of drug-likeness (QED) is 0.634. The Hall–Kier alpha value is -2.36. The van der Waals surface area contributed by atoms with Crippen molar-refractivity contribution >= 4 is 28.3 Å². The molecule has 0 spiro atoms. The maximum atomic E-state index is 13.0. The Morgan fingerprint density at radius 2 is 2.00 bits per heavy atom. The van der Waals surface area contributed by atoms with Gasteiger partial charge in [-0.25, -0.2) is 0 Å². The van der Waals surface area contributed by atoms with Gasteiger partial charge >= 0.3 is 29.1 Å². The van der Waals surface area contributed by atoms with E-state index in [1.807, 2.05) is 0 Å². The van der Waals surface area contributed by atoms with E-state index in [0.717, 1.165) is 6.07 Å². The largest absolute Gasteiger partial charge is 0.474 e. The Bertz CT molecular complexity index is 767. The van der Waals surface area contributed by atoms with Gasteiger partial charge in [0.15, 0.2) is 5.56 Å². The Morgan fingerprint density at radius 1 is 1.36 bits per heavy atom. The number of alkyl halides is 3. The van der Waals surface area contributed by atoms with Gasteiger partial charge in [0.2, 0.25) is 0 Å². The molecule has 0 amide bonds. The number of hydrogen-bond donors (Lipinski definition) is 0. The Balaban J connectivity index is 2.98. The van der Waals surface area contributed by atoms with Crippen LogP contribution in [0.3, 0.4) is 0 Å². The van der Waals surface area contributed by atoms with Gasteiger partial charge in [0.25, 0.3) is 0 Å². The van der Waals surface area contributed by atoms with Gasteiger partial charge in [-0.05, 0) is 6.07 Å². The third-order valence-electron chi connectivity index (χ3n) is 2.75. The minimum atomic E-state index is -5.01. The molecule has 0 bridgehead atoms. The highest BCUT2D eigenvalue weighted by atomic mass is 35.5. The monoisotopic (exact) mass is 338 g/mol. The Labute approximate surface area is 125 Å². The summed E-state index contributed by atoms with van der Waals surface area (Å²) in [5.41, 5.74) is -3.43. The molecule has 0 saturated heterocycles. The lowest BCUT2D eigenvalue weighted by atomic mass is 10.1. The highest BCUT2D eigenvalue weighted by molar-refractivity contribution is 6.32. The first kappa shape index (κ1) is 16.0. The highest BCUT2D eigenvalue weighted by Gasteiger charge is 2.45. The minimum absolute atomic E-state index is 0.0832. The molecule has 0 fully saturated rings. The number of ether oxygens (including phenoxy) is 2. The molecule has 0 radical (unpaired) electrons. The number of H-pyrrole nitrogens is 1. The summed E-state index contributed by atoms with van der Waals surface area (Å²) in [6, 6.07) is 0.866. The number of rotatable bonds is 3. The summed E-state index contributed by atoms with van der Waals surface area (Å²) in [7, 11) is 2.46. The van der Waals surface area contributed by atoms with E-state index in [0.29, 0.717) is 0 Å². The first-order chi connectivity index (χ1) is 10.2. The molecule has 0 aliphatic carbocycles. The number of nitrogens with one attached hydrogen (secondary N) is 1. The standard InChI is InChI=1S/C11H7ClF3N3O4/c1-21-9-10(22-2)17-7-5(16-9)3-4(12)6(11(13,14)15)8(7)18(19)20/h3H,1-2H3/p+1. The van der Waals surface area contributed by atoms with Gasteiger partial charge in [-0.15, -0.1) is 0 Å². The lowest BCUT2D eigenvalue weighted by Gasteiger charge is -2.10. The molecule has 0 aliphatic rings. The minimum Gasteiger partial charge on any atom is -0.474 e. The summed E-state index contributed by atoms with van der Waals surface area (Å²) in [5.74, 6) is -0.242. The van der Waals surface area contributed by atoms with Gasteiger partial charge in [0.1, 0.15) is 5.52 Å². The third kappa shape index (κ3) is 2.56. The van der Waals surface area contributed by atoms with Crippen LogP contribution < -0.4 is 14.5 Å². The van der Waals surface area contributed by atoms with Crippen LogP contribution in [0, 0.1) is 10.1 Å². The highest BCUT2D eigenvalue weighted by Crippen LogP contribution is 2.43. The smallest absolute Gasteiger partial charge is 0.431 e. The summed E-state index contributed by atoms with van der Waals surface area (Å²) in [4.78, 5) is 16.2. The van der Waals surface area contributed by atoms with E-state index in [-0.39, 0.29) is 17.3 Å². The molecule has 1 aromatic heterocycles. The molecular weight excluding hydrogens is 331 g/mol. The molecule has 22 heavy (non-hydrogen) atoms. The molecular formula is C11H8ClF3N3O4+. The number of nitro benzene ring substituents is 1. The number of nitro groups is 1. The van der Waals surface area contributed by atoms with Crippen molar-refractivity contribution in [3.63, 3.8) is 0 Å². The average molecular weight is 339 g/mol. The van der Waals surface area contributed by atoms with E-state index in [1.54, 1.807) is 0 Å². The molecule has 0 saturated carbocycles. The number of benzene rings is 1. The third-order valence-corrected chi connectivity index (χ3v) is 3.05. The van der Waals surface area contributed by atoms with Crippen molar-refractivity contribution in [3.8, 4) is 11.8 Å². The fourth-order valence-electron chi connectivity index (χ4n) is 1.89. The number of nitrogens with zero attached hydrogens (tertiary/aromatic N) is 2. The van der Waals surface area contributed by atoms with Crippen molar-refractivity contribution in [1.29, 1.82) is 0 Å². The van der Waals surface area contributed by atoms with Gasteiger partial charge in [-0.2, -0.15) is 23.1 Å². The summed E-state index contributed by atoms with van der Waals surface area (Å²) in [6.45, 7) is 0. The second-order valence-electron chi connectivity index (χ2n) is 4.01. The van der Waals surface area contributed by atoms with E-state index >= 15 is 0 Å². The molecule has 7 nitrogen and oxygen atoms in total. The van der Waals surface area contributed by atoms with Gasteiger partial charge in [0.05, 0.1) is 24.2 Å². The van der Waals surface area contributed by atoms with Crippen LogP contribution in [0.4, 0.5) is 18.9 Å². The number of aromatic nitrogens is 2. The van der Waals surface area contributed by atoms with Crippen LogP contribution in [0.25, 0.3) is 11.0 Å². The Kier molecular flexibility index (Phi) is 3.96. The molecule has 118 valence electrons. The van der Waals surface area contributed by atoms with Crippen LogP contribution in [0.2, 0.25) is 5.02 Å². The van der Waals surface area contributed by atoms with Crippen molar-refractivity contribution in [2.75, 3.05) is 14.2 Å². The molecule has 1 heterocycles. The lowest BCUT2D eigenvalue weighted by molar-refractivity contribution is -0.407.